The second-order valence-corrected chi connectivity index (χ2v) is 5.44. The number of H-pyrrole nitrogens is 1. The molecule has 0 aliphatic rings. The fourth-order valence-corrected chi connectivity index (χ4v) is 3.14. The van der Waals surface area contributed by atoms with Crippen LogP contribution in [-0.2, 0) is 14.8 Å². The van der Waals surface area contributed by atoms with E-state index in [4.69, 9.17) is 10.2 Å². The number of aromatic nitrogens is 2. The highest BCUT2D eigenvalue weighted by Crippen LogP contribution is 2.17. The van der Waals surface area contributed by atoms with E-state index in [1.165, 1.54) is 13.8 Å². The average molecular weight is 277 g/mol. The second-order valence-electron chi connectivity index (χ2n) is 3.79. The summed E-state index contributed by atoms with van der Waals surface area (Å²) in [6.45, 7) is 2.60. The van der Waals surface area contributed by atoms with Crippen LogP contribution in [0.25, 0.3) is 0 Å². The zero-order valence-electron chi connectivity index (χ0n) is 9.97. The Labute approximate surface area is 104 Å². The smallest absolute Gasteiger partial charge is 0.321 e. The van der Waals surface area contributed by atoms with E-state index in [0.717, 1.165) is 0 Å². The normalized spacial score (nSPS) is 13.5. The molecule has 1 aromatic rings. The maximum Gasteiger partial charge on any atom is 0.321 e. The fourth-order valence-electron chi connectivity index (χ4n) is 1.54. The van der Waals surface area contributed by atoms with Crippen molar-refractivity contribution in [1.29, 1.82) is 0 Å². The van der Waals surface area contributed by atoms with Gasteiger partial charge >= 0.3 is 5.97 Å². The van der Waals surface area contributed by atoms with Crippen molar-refractivity contribution in [2.24, 2.45) is 0 Å². The van der Waals surface area contributed by atoms with Crippen LogP contribution in [0.1, 0.15) is 17.8 Å². The molecule has 0 spiro atoms. The molecule has 1 atom stereocenters. The number of carboxylic acids is 1. The van der Waals surface area contributed by atoms with Crippen LogP contribution in [0.2, 0.25) is 0 Å². The van der Waals surface area contributed by atoms with Gasteiger partial charge in [0.25, 0.3) is 0 Å². The van der Waals surface area contributed by atoms with Crippen LogP contribution in [0, 0.1) is 13.8 Å². The quantitative estimate of drug-likeness (QED) is 0.535. The number of rotatable bonds is 6. The molecule has 1 aromatic heterocycles. The number of nitrogens with one attached hydrogen (secondary N) is 2. The van der Waals surface area contributed by atoms with E-state index in [2.05, 4.69) is 10.2 Å². The van der Waals surface area contributed by atoms with Gasteiger partial charge in [0, 0.05) is 6.61 Å². The lowest BCUT2D eigenvalue weighted by molar-refractivity contribution is -0.139. The summed E-state index contributed by atoms with van der Waals surface area (Å²) in [6, 6.07) is -1.37. The van der Waals surface area contributed by atoms with Crippen molar-refractivity contribution in [2.45, 2.75) is 31.2 Å². The molecule has 18 heavy (non-hydrogen) atoms. The SMILES string of the molecule is Cc1n[nH]c(C)c1S(=O)(=O)NC(CCO)C(=O)O. The number of aliphatic hydroxyl groups excluding tert-OH is 1. The first-order chi connectivity index (χ1) is 8.29. The number of aromatic amines is 1. The minimum Gasteiger partial charge on any atom is -0.480 e. The van der Waals surface area contributed by atoms with E-state index >= 15 is 0 Å². The van der Waals surface area contributed by atoms with Crippen LogP contribution < -0.4 is 4.72 Å². The lowest BCUT2D eigenvalue weighted by atomic mass is 10.2. The summed E-state index contributed by atoms with van der Waals surface area (Å²) in [5.74, 6) is -1.34. The van der Waals surface area contributed by atoms with Gasteiger partial charge in [-0.3, -0.25) is 9.89 Å². The van der Waals surface area contributed by atoms with Crippen LogP contribution in [-0.4, -0.2) is 47.4 Å². The Morgan fingerprint density at radius 2 is 2.11 bits per heavy atom. The van der Waals surface area contributed by atoms with Crippen molar-refractivity contribution in [3.63, 3.8) is 0 Å². The number of aliphatic carboxylic acids is 1. The van der Waals surface area contributed by atoms with Crippen molar-refractivity contribution >= 4 is 16.0 Å². The molecule has 0 amide bonds. The van der Waals surface area contributed by atoms with E-state index in [1.807, 2.05) is 4.72 Å². The zero-order valence-corrected chi connectivity index (χ0v) is 10.8. The van der Waals surface area contributed by atoms with Crippen molar-refractivity contribution in [2.75, 3.05) is 6.61 Å². The third-order valence-electron chi connectivity index (χ3n) is 2.34. The first-order valence-corrected chi connectivity index (χ1v) is 6.65. The van der Waals surface area contributed by atoms with Gasteiger partial charge in [-0.05, 0) is 20.3 Å². The molecule has 4 N–H and O–H groups in total. The molecule has 0 saturated carbocycles. The summed E-state index contributed by atoms with van der Waals surface area (Å²) in [4.78, 5) is 10.8. The van der Waals surface area contributed by atoms with Crippen LogP contribution >= 0.6 is 0 Å². The highest BCUT2D eigenvalue weighted by Gasteiger charge is 2.28. The number of carboxylic acid groups (broad SMARTS) is 1. The maximum atomic E-state index is 12.0. The van der Waals surface area contributed by atoms with Gasteiger partial charge in [0.1, 0.15) is 10.9 Å². The van der Waals surface area contributed by atoms with E-state index in [0.29, 0.717) is 5.69 Å². The van der Waals surface area contributed by atoms with Crippen molar-refractivity contribution < 1.29 is 23.4 Å². The molecule has 9 heteroatoms. The Balaban J connectivity index is 3.05. The van der Waals surface area contributed by atoms with Gasteiger partial charge < -0.3 is 10.2 Å². The Bertz CT molecular complexity index is 517. The number of nitrogens with zero attached hydrogens (tertiary/aromatic N) is 1. The largest absolute Gasteiger partial charge is 0.480 e. The number of hydrogen-bond acceptors (Lipinski definition) is 5. The highest BCUT2D eigenvalue weighted by molar-refractivity contribution is 7.89. The van der Waals surface area contributed by atoms with Gasteiger partial charge in [0.15, 0.2) is 0 Å². The Kier molecular flexibility index (Phi) is 4.43. The Morgan fingerprint density at radius 1 is 1.50 bits per heavy atom. The monoisotopic (exact) mass is 277 g/mol. The summed E-state index contributed by atoms with van der Waals surface area (Å²) in [6.07, 6.45) is -0.204. The highest BCUT2D eigenvalue weighted by atomic mass is 32.2. The topological polar surface area (TPSA) is 132 Å². The van der Waals surface area contributed by atoms with E-state index in [9.17, 15) is 13.2 Å². The average Bonchev–Trinajstić information content (AvgIpc) is 2.58. The lowest BCUT2D eigenvalue weighted by Crippen LogP contribution is -2.41. The Morgan fingerprint density at radius 3 is 2.50 bits per heavy atom. The molecule has 0 radical (unpaired) electrons. The predicted molar refractivity (Wildman–Crippen MR) is 61.5 cm³/mol. The molecular formula is C9H15N3O5S. The number of aliphatic hydroxyl groups is 1. The molecular weight excluding hydrogens is 262 g/mol. The first-order valence-electron chi connectivity index (χ1n) is 5.17. The maximum absolute atomic E-state index is 12.0. The molecule has 1 heterocycles. The standard InChI is InChI=1S/C9H15N3O5S/c1-5-8(6(2)11-10-5)18(16,17)12-7(3-4-13)9(14)15/h7,12-13H,3-4H2,1-2H3,(H,10,11)(H,14,15). The zero-order chi connectivity index (χ0) is 13.9. The van der Waals surface area contributed by atoms with Crippen LogP contribution in [0.5, 0.6) is 0 Å². The van der Waals surface area contributed by atoms with Gasteiger partial charge in [0.05, 0.1) is 11.4 Å². The molecule has 0 fully saturated rings. The minimum atomic E-state index is -3.98. The molecule has 8 nitrogen and oxygen atoms in total. The van der Waals surface area contributed by atoms with Crippen molar-refractivity contribution in [1.82, 2.24) is 14.9 Å². The number of carbonyl (C=O) groups is 1. The summed E-state index contributed by atoms with van der Waals surface area (Å²) in [5.41, 5.74) is 0.585. The molecule has 0 saturated heterocycles. The third kappa shape index (κ3) is 3.06. The third-order valence-corrected chi connectivity index (χ3v) is 4.08. The van der Waals surface area contributed by atoms with Crippen LogP contribution in [0.15, 0.2) is 4.90 Å². The van der Waals surface area contributed by atoms with E-state index in [-0.39, 0.29) is 17.0 Å². The molecule has 1 rings (SSSR count). The molecule has 0 bridgehead atoms. The van der Waals surface area contributed by atoms with Gasteiger partial charge in [-0.2, -0.15) is 9.82 Å². The summed E-state index contributed by atoms with van der Waals surface area (Å²) in [5, 5.41) is 23.8. The number of hydrogen-bond donors (Lipinski definition) is 4. The minimum absolute atomic E-state index is 0.0633. The van der Waals surface area contributed by atoms with E-state index in [1.54, 1.807) is 0 Å². The molecule has 1 unspecified atom stereocenters. The van der Waals surface area contributed by atoms with E-state index < -0.39 is 28.6 Å². The van der Waals surface area contributed by atoms with Crippen molar-refractivity contribution in [3.05, 3.63) is 11.4 Å². The first kappa shape index (κ1) is 14.6. The Hall–Kier alpha value is -1.45. The second kappa shape index (κ2) is 5.46. The summed E-state index contributed by atoms with van der Waals surface area (Å²) < 4.78 is 26.0. The fraction of sp³-hybridized carbons (Fsp3) is 0.556. The number of aryl methyl sites for hydroxylation is 2. The van der Waals surface area contributed by atoms with Gasteiger partial charge in [-0.15, -0.1) is 0 Å². The van der Waals surface area contributed by atoms with Crippen LogP contribution in [0.3, 0.4) is 0 Å². The molecule has 0 aliphatic carbocycles. The lowest BCUT2D eigenvalue weighted by Gasteiger charge is -2.13. The summed E-state index contributed by atoms with van der Waals surface area (Å²) in [7, 11) is -3.98. The predicted octanol–water partition coefficient (Wildman–Crippen LogP) is -0.860. The molecule has 0 aromatic carbocycles. The summed E-state index contributed by atoms with van der Waals surface area (Å²) >= 11 is 0. The molecule has 102 valence electrons. The number of sulfonamides is 1. The molecule has 0 aliphatic heterocycles. The van der Waals surface area contributed by atoms with Gasteiger partial charge in [-0.1, -0.05) is 0 Å². The van der Waals surface area contributed by atoms with Crippen molar-refractivity contribution in [3.8, 4) is 0 Å². The van der Waals surface area contributed by atoms with Gasteiger partial charge in [-0.25, -0.2) is 8.42 Å². The van der Waals surface area contributed by atoms with Crippen LogP contribution in [0.4, 0.5) is 0 Å². The van der Waals surface area contributed by atoms with Gasteiger partial charge in [0.2, 0.25) is 10.0 Å².